The highest BCUT2D eigenvalue weighted by atomic mass is 28.3. The second-order valence-corrected chi connectivity index (χ2v) is 8.71. The first-order valence-corrected chi connectivity index (χ1v) is 7.55. The molecule has 96 valence electrons. The van der Waals surface area contributed by atoms with E-state index in [4.69, 9.17) is 11.7 Å². The molecule has 0 aromatic heterocycles. The Kier molecular flexibility index (Phi) is 5.35. The third kappa shape index (κ3) is 4.35. The van der Waals surface area contributed by atoms with Crippen molar-refractivity contribution in [1.29, 1.82) is 0 Å². The number of allylic oxidation sites excluding steroid dienone is 1. The van der Waals surface area contributed by atoms with Crippen molar-refractivity contribution < 1.29 is 0 Å². The molecule has 0 saturated carbocycles. The Morgan fingerprint density at radius 1 is 1.00 bits per heavy atom. The number of nitrogens with two attached hydrogens (primary N) is 2. The normalized spacial score (nSPS) is 13.9. The number of hydrogen-bond acceptors (Lipinski definition) is 4. The fraction of sp³-hybridized carbons (Fsp3) is 0.818. The SMILES string of the molecule is C=CC[SiH](N(N)C(C)(C)C)N(N)C(C)(C)C. The molecule has 16 heavy (non-hydrogen) atoms. The topological polar surface area (TPSA) is 58.5 Å². The first-order valence-electron chi connectivity index (χ1n) is 5.70. The summed E-state index contributed by atoms with van der Waals surface area (Å²) in [6, 6.07) is 0.877. The Morgan fingerprint density at radius 3 is 1.50 bits per heavy atom. The molecule has 0 aromatic rings. The molecule has 4 nitrogen and oxygen atoms in total. The van der Waals surface area contributed by atoms with Gasteiger partial charge in [0.25, 0.3) is 0 Å². The minimum atomic E-state index is -1.57. The minimum Gasteiger partial charge on any atom is -0.274 e. The third-order valence-electron chi connectivity index (χ3n) is 2.57. The molecule has 0 fully saturated rings. The van der Waals surface area contributed by atoms with Crippen LogP contribution in [0.5, 0.6) is 0 Å². The first kappa shape index (κ1) is 15.8. The van der Waals surface area contributed by atoms with E-state index in [-0.39, 0.29) is 11.1 Å². The monoisotopic (exact) mass is 244 g/mol. The van der Waals surface area contributed by atoms with E-state index in [0.29, 0.717) is 0 Å². The van der Waals surface area contributed by atoms with Gasteiger partial charge in [0.05, 0.1) is 0 Å². The summed E-state index contributed by atoms with van der Waals surface area (Å²) < 4.78 is 3.86. The van der Waals surface area contributed by atoms with Crippen molar-refractivity contribution >= 4 is 9.12 Å². The van der Waals surface area contributed by atoms with Gasteiger partial charge in [0, 0.05) is 11.1 Å². The summed E-state index contributed by atoms with van der Waals surface area (Å²) in [4.78, 5) is 0. The van der Waals surface area contributed by atoms with Gasteiger partial charge in [-0.3, -0.25) is 11.7 Å². The highest BCUT2D eigenvalue weighted by Crippen LogP contribution is 2.19. The van der Waals surface area contributed by atoms with Gasteiger partial charge in [-0.05, 0) is 47.6 Å². The first-order chi connectivity index (χ1) is 7.01. The zero-order valence-electron chi connectivity index (χ0n) is 11.6. The van der Waals surface area contributed by atoms with Crippen LogP contribution in [0.15, 0.2) is 12.7 Å². The van der Waals surface area contributed by atoms with E-state index >= 15 is 0 Å². The van der Waals surface area contributed by atoms with Crippen LogP contribution in [0.3, 0.4) is 0 Å². The lowest BCUT2D eigenvalue weighted by Crippen LogP contribution is -2.68. The standard InChI is InChI=1S/C11H28N4Si/c1-8-9-16(14(12)10(2,3)4)15(13)11(5,6)7/h8,16H,1,9,12-13H2,2-7H3. The quantitative estimate of drug-likeness (QED) is 0.339. The zero-order chi connectivity index (χ0) is 13.1. The molecular formula is C11H28N4Si. The smallest absolute Gasteiger partial charge is 0.222 e. The highest BCUT2D eigenvalue weighted by molar-refractivity contribution is 6.53. The number of nitrogens with zero attached hydrogens (tertiary/aromatic N) is 2. The van der Waals surface area contributed by atoms with Gasteiger partial charge in [0.15, 0.2) is 0 Å². The third-order valence-corrected chi connectivity index (χ3v) is 6.16. The second kappa shape index (κ2) is 5.42. The lowest BCUT2D eigenvalue weighted by Gasteiger charge is -2.45. The van der Waals surface area contributed by atoms with Gasteiger partial charge in [-0.2, -0.15) is 0 Å². The molecule has 0 rings (SSSR count). The molecule has 0 unspecified atom stereocenters. The lowest BCUT2D eigenvalue weighted by molar-refractivity contribution is 0.179. The maximum atomic E-state index is 6.20. The molecule has 0 aliphatic carbocycles. The molecule has 0 saturated heterocycles. The van der Waals surface area contributed by atoms with Gasteiger partial charge in [-0.15, -0.1) is 6.58 Å². The molecule has 5 heteroatoms. The van der Waals surface area contributed by atoms with Crippen LogP contribution in [-0.4, -0.2) is 29.5 Å². The van der Waals surface area contributed by atoms with Crippen LogP contribution >= 0.6 is 0 Å². The van der Waals surface area contributed by atoms with Crippen molar-refractivity contribution in [2.45, 2.75) is 58.7 Å². The van der Waals surface area contributed by atoms with Gasteiger partial charge in [-0.1, -0.05) is 6.08 Å². The van der Waals surface area contributed by atoms with Crippen LogP contribution in [0.1, 0.15) is 41.5 Å². The van der Waals surface area contributed by atoms with Crippen molar-refractivity contribution in [1.82, 2.24) is 9.35 Å². The molecule has 0 bridgehead atoms. The highest BCUT2D eigenvalue weighted by Gasteiger charge is 2.35. The predicted molar refractivity (Wildman–Crippen MR) is 73.7 cm³/mol. The van der Waals surface area contributed by atoms with Gasteiger partial charge in [-0.25, -0.2) is 9.35 Å². The molecule has 0 amide bonds. The average Bonchev–Trinajstić information content (AvgIpc) is 2.09. The number of hydrazine groups is 2. The van der Waals surface area contributed by atoms with Crippen molar-refractivity contribution in [2.75, 3.05) is 0 Å². The van der Waals surface area contributed by atoms with Gasteiger partial charge in [0.2, 0.25) is 9.12 Å². The van der Waals surface area contributed by atoms with Crippen LogP contribution < -0.4 is 11.7 Å². The zero-order valence-corrected chi connectivity index (χ0v) is 12.8. The fourth-order valence-corrected chi connectivity index (χ4v) is 4.21. The number of rotatable bonds is 4. The van der Waals surface area contributed by atoms with Crippen LogP contribution in [0.25, 0.3) is 0 Å². The minimum absolute atomic E-state index is 0.0667. The maximum absolute atomic E-state index is 6.20. The Balaban J connectivity index is 4.94. The molecule has 0 heterocycles. The van der Waals surface area contributed by atoms with E-state index in [0.717, 1.165) is 6.04 Å². The van der Waals surface area contributed by atoms with Crippen molar-refractivity contribution in [3.63, 3.8) is 0 Å². The predicted octanol–water partition coefficient (Wildman–Crippen LogP) is 1.34. The van der Waals surface area contributed by atoms with Crippen LogP contribution in [0, 0.1) is 0 Å². The molecule has 0 spiro atoms. The van der Waals surface area contributed by atoms with Gasteiger partial charge >= 0.3 is 0 Å². The second-order valence-electron chi connectivity index (χ2n) is 6.16. The summed E-state index contributed by atoms with van der Waals surface area (Å²) in [5, 5.41) is 0. The van der Waals surface area contributed by atoms with Crippen LogP contribution in [0.2, 0.25) is 6.04 Å². The summed E-state index contributed by atoms with van der Waals surface area (Å²) in [5.41, 5.74) is -0.133. The van der Waals surface area contributed by atoms with Crippen LogP contribution in [0.4, 0.5) is 0 Å². The lowest BCUT2D eigenvalue weighted by atomic mass is 10.1. The van der Waals surface area contributed by atoms with Crippen molar-refractivity contribution in [3.8, 4) is 0 Å². The van der Waals surface area contributed by atoms with E-state index in [2.05, 4.69) is 48.1 Å². The van der Waals surface area contributed by atoms with Gasteiger partial charge < -0.3 is 0 Å². The summed E-state index contributed by atoms with van der Waals surface area (Å²) in [5.74, 6) is 12.4. The fourth-order valence-electron chi connectivity index (χ4n) is 1.40. The molecule has 4 N–H and O–H groups in total. The van der Waals surface area contributed by atoms with Crippen molar-refractivity contribution in [2.24, 2.45) is 11.7 Å². The molecular weight excluding hydrogens is 216 g/mol. The van der Waals surface area contributed by atoms with E-state index < -0.39 is 9.12 Å². The molecule has 0 radical (unpaired) electrons. The van der Waals surface area contributed by atoms with Crippen LogP contribution in [-0.2, 0) is 0 Å². The Hall–Kier alpha value is -0.203. The molecule has 0 aromatic carbocycles. The largest absolute Gasteiger partial charge is 0.274 e. The molecule has 0 aliphatic rings. The summed E-state index contributed by atoms with van der Waals surface area (Å²) in [7, 11) is -1.57. The Morgan fingerprint density at radius 2 is 1.31 bits per heavy atom. The Bertz CT molecular complexity index is 209. The Labute approximate surface area is 102 Å². The summed E-state index contributed by atoms with van der Waals surface area (Å²) >= 11 is 0. The van der Waals surface area contributed by atoms with Crippen molar-refractivity contribution in [3.05, 3.63) is 12.7 Å². The van der Waals surface area contributed by atoms with Gasteiger partial charge in [0.1, 0.15) is 0 Å². The summed E-state index contributed by atoms with van der Waals surface area (Å²) in [6.45, 7) is 16.4. The average molecular weight is 244 g/mol. The van der Waals surface area contributed by atoms with E-state index in [1.807, 2.05) is 15.4 Å². The molecule has 0 atom stereocenters. The van der Waals surface area contributed by atoms with E-state index in [1.165, 1.54) is 0 Å². The summed E-state index contributed by atoms with van der Waals surface area (Å²) in [6.07, 6.45) is 1.91. The molecule has 0 aliphatic heterocycles. The maximum Gasteiger partial charge on any atom is 0.222 e. The van der Waals surface area contributed by atoms with E-state index in [1.54, 1.807) is 0 Å². The number of hydrogen-bond donors (Lipinski definition) is 2. The van der Waals surface area contributed by atoms with E-state index in [9.17, 15) is 0 Å².